The number of phenolic OH excluding ortho intramolecular Hbond substituents is 1. The molecule has 0 aromatic heterocycles. The highest BCUT2D eigenvalue weighted by molar-refractivity contribution is 5.99. The van der Waals surface area contributed by atoms with Gasteiger partial charge >= 0.3 is 0 Å². The fraction of sp³-hybridized carbons (Fsp3) is 0.308. The van der Waals surface area contributed by atoms with Crippen LogP contribution in [0, 0.1) is 10.1 Å². The second kappa shape index (κ2) is 5.09. The molecule has 0 aliphatic heterocycles. The van der Waals surface area contributed by atoms with E-state index in [4.69, 9.17) is 0 Å². The first-order chi connectivity index (χ1) is 9.04. The van der Waals surface area contributed by atoms with Crippen LogP contribution < -0.4 is 0 Å². The maximum Gasteiger partial charge on any atom is 0.282 e. The zero-order chi connectivity index (χ0) is 14.0. The number of carbonyl (C=O) groups excluding carboxylic acids is 1. The molecule has 0 heterocycles. The summed E-state index contributed by atoms with van der Waals surface area (Å²) in [4.78, 5) is 24.2. The zero-order valence-corrected chi connectivity index (χ0v) is 10.3. The van der Waals surface area contributed by atoms with Crippen LogP contribution in [0.1, 0.15) is 23.2 Å². The number of hydrogen-bond donors (Lipinski definition) is 1. The second-order valence-corrected chi connectivity index (χ2v) is 4.44. The van der Waals surface area contributed by atoms with Gasteiger partial charge in [-0.15, -0.1) is 6.58 Å². The summed E-state index contributed by atoms with van der Waals surface area (Å²) in [6.07, 6.45) is 3.38. The Labute approximate surface area is 110 Å². The number of phenols is 1. The average molecular weight is 262 g/mol. The third-order valence-electron chi connectivity index (χ3n) is 2.98. The smallest absolute Gasteiger partial charge is 0.282 e. The molecule has 1 aliphatic rings. The summed E-state index contributed by atoms with van der Waals surface area (Å²) >= 11 is 0. The molecule has 1 N–H and O–H groups in total. The summed E-state index contributed by atoms with van der Waals surface area (Å²) in [6, 6.07) is 3.59. The summed E-state index contributed by atoms with van der Waals surface area (Å²) in [5.41, 5.74) is -0.378. The maximum absolute atomic E-state index is 12.4. The van der Waals surface area contributed by atoms with Crippen LogP contribution in [0.15, 0.2) is 30.9 Å². The van der Waals surface area contributed by atoms with Crippen molar-refractivity contribution in [3.63, 3.8) is 0 Å². The standard InChI is InChI=1S/C13H14N2O4/c1-2-7-14(9-3-4-9)13(17)11-8-10(16)5-6-12(11)15(18)19/h2,5-6,8-9,16H,1,3-4,7H2. The van der Waals surface area contributed by atoms with Crippen LogP contribution in [-0.2, 0) is 0 Å². The van der Waals surface area contributed by atoms with E-state index in [1.807, 2.05) is 0 Å². The summed E-state index contributed by atoms with van der Waals surface area (Å²) in [5, 5.41) is 20.4. The van der Waals surface area contributed by atoms with Gasteiger partial charge < -0.3 is 10.0 Å². The zero-order valence-electron chi connectivity index (χ0n) is 10.3. The summed E-state index contributed by atoms with van der Waals surface area (Å²) in [7, 11) is 0. The molecule has 2 rings (SSSR count). The molecule has 1 aliphatic carbocycles. The molecule has 100 valence electrons. The van der Waals surface area contributed by atoms with Crippen molar-refractivity contribution in [2.45, 2.75) is 18.9 Å². The number of hydrogen-bond acceptors (Lipinski definition) is 4. The van der Waals surface area contributed by atoms with Crippen molar-refractivity contribution < 1.29 is 14.8 Å². The Balaban J connectivity index is 2.38. The molecule has 1 amide bonds. The van der Waals surface area contributed by atoms with Gasteiger partial charge in [0, 0.05) is 18.7 Å². The van der Waals surface area contributed by atoms with Crippen molar-refractivity contribution in [2.24, 2.45) is 0 Å². The third-order valence-corrected chi connectivity index (χ3v) is 2.98. The lowest BCUT2D eigenvalue weighted by Crippen LogP contribution is -2.33. The molecule has 1 fully saturated rings. The fourth-order valence-corrected chi connectivity index (χ4v) is 1.93. The molecule has 0 radical (unpaired) electrons. The first-order valence-electron chi connectivity index (χ1n) is 5.94. The van der Waals surface area contributed by atoms with E-state index in [1.54, 1.807) is 11.0 Å². The van der Waals surface area contributed by atoms with E-state index >= 15 is 0 Å². The van der Waals surface area contributed by atoms with Gasteiger partial charge in [0.1, 0.15) is 11.3 Å². The molecule has 19 heavy (non-hydrogen) atoms. The predicted molar refractivity (Wildman–Crippen MR) is 69.0 cm³/mol. The van der Waals surface area contributed by atoms with Crippen molar-refractivity contribution in [3.05, 3.63) is 46.5 Å². The van der Waals surface area contributed by atoms with Gasteiger partial charge in [0.25, 0.3) is 11.6 Å². The Kier molecular flexibility index (Phi) is 3.50. The number of amides is 1. The minimum Gasteiger partial charge on any atom is -0.508 e. The lowest BCUT2D eigenvalue weighted by Gasteiger charge is -2.20. The van der Waals surface area contributed by atoms with Crippen LogP contribution >= 0.6 is 0 Å². The quantitative estimate of drug-likeness (QED) is 0.500. The molecule has 1 saturated carbocycles. The first-order valence-corrected chi connectivity index (χ1v) is 5.94. The van der Waals surface area contributed by atoms with E-state index in [-0.39, 0.29) is 23.0 Å². The first kappa shape index (κ1) is 13.1. The summed E-state index contributed by atoms with van der Waals surface area (Å²) in [6.45, 7) is 3.93. The number of rotatable bonds is 5. The van der Waals surface area contributed by atoms with Gasteiger partial charge in [-0.3, -0.25) is 14.9 Å². The van der Waals surface area contributed by atoms with Crippen molar-refractivity contribution >= 4 is 11.6 Å². The van der Waals surface area contributed by atoms with Gasteiger partial charge in [0.15, 0.2) is 0 Å². The number of nitrogens with zero attached hydrogens (tertiary/aromatic N) is 2. The van der Waals surface area contributed by atoms with Crippen LogP contribution in [0.25, 0.3) is 0 Å². The van der Waals surface area contributed by atoms with Crippen molar-refractivity contribution in [1.29, 1.82) is 0 Å². The Morgan fingerprint density at radius 3 is 2.79 bits per heavy atom. The molecule has 0 bridgehead atoms. The Bertz CT molecular complexity index is 537. The molecule has 1 aromatic rings. The molecule has 0 saturated heterocycles. The van der Waals surface area contributed by atoms with E-state index in [0.717, 1.165) is 25.0 Å². The predicted octanol–water partition coefficient (Wildman–Crippen LogP) is 2.09. The lowest BCUT2D eigenvalue weighted by molar-refractivity contribution is -0.385. The van der Waals surface area contributed by atoms with Crippen LogP contribution in [0.4, 0.5) is 5.69 Å². The number of aromatic hydroxyl groups is 1. The minimum atomic E-state index is -0.619. The van der Waals surface area contributed by atoms with Crippen molar-refractivity contribution in [2.75, 3.05) is 6.54 Å². The third kappa shape index (κ3) is 2.73. The van der Waals surface area contributed by atoms with Crippen LogP contribution in [0.2, 0.25) is 0 Å². The monoisotopic (exact) mass is 262 g/mol. The molecule has 0 unspecified atom stereocenters. The molecule has 0 atom stereocenters. The highest BCUT2D eigenvalue weighted by Crippen LogP contribution is 2.31. The highest BCUT2D eigenvalue weighted by Gasteiger charge is 2.34. The van der Waals surface area contributed by atoms with Gasteiger partial charge in [0.2, 0.25) is 0 Å². The Morgan fingerprint density at radius 2 is 2.26 bits per heavy atom. The SMILES string of the molecule is C=CCN(C(=O)c1cc(O)ccc1[N+](=O)[O-])C1CC1. The Morgan fingerprint density at radius 1 is 1.58 bits per heavy atom. The van der Waals surface area contributed by atoms with E-state index in [2.05, 4.69) is 6.58 Å². The molecule has 0 spiro atoms. The normalized spacial score (nSPS) is 13.9. The van der Waals surface area contributed by atoms with Crippen molar-refractivity contribution in [3.8, 4) is 5.75 Å². The van der Waals surface area contributed by atoms with E-state index in [9.17, 15) is 20.0 Å². The number of nitro benzene ring substituents is 1. The number of nitro groups is 1. The highest BCUT2D eigenvalue weighted by atomic mass is 16.6. The van der Waals surface area contributed by atoms with E-state index in [1.165, 1.54) is 6.07 Å². The molecular weight excluding hydrogens is 248 g/mol. The van der Waals surface area contributed by atoms with Crippen LogP contribution in [-0.4, -0.2) is 33.4 Å². The van der Waals surface area contributed by atoms with Gasteiger partial charge in [-0.05, 0) is 25.0 Å². The van der Waals surface area contributed by atoms with Crippen LogP contribution in [0.3, 0.4) is 0 Å². The molecular formula is C13H14N2O4. The van der Waals surface area contributed by atoms with Gasteiger partial charge in [-0.1, -0.05) is 6.08 Å². The molecule has 6 nitrogen and oxygen atoms in total. The van der Waals surface area contributed by atoms with Gasteiger partial charge in [-0.25, -0.2) is 0 Å². The van der Waals surface area contributed by atoms with Gasteiger partial charge in [0.05, 0.1) is 4.92 Å². The lowest BCUT2D eigenvalue weighted by atomic mass is 10.1. The second-order valence-electron chi connectivity index (χ2n) is 4.44. The largest absolute Gasteiger partial charge is 0.508 e. The fourth-order valence-electron chi connectivity index (χ4n) is 1.93. The van der Waals surface area contributed by atoms with E-state index < -0.39 is 10.8 Å². The van der Waals surface area contributed by atoms with Crippen molar-refractivity contribution in [1.82, 2.24) is 4.90 Å². The summed E-state index contributed by atoms with van der Waals surface area (Å²) < 4.78 is 0. The maximum atomic E-state index is 12.4. The summed E-state index contributed by atoms with van der Waals surface area (Å²) in [5.74, 6) is -0.603. The molecule has 1 aromatic carbocycles. The minimum absolute atomic E-state index is 0.0845. The topological polar surface area (TPSA) is 83.7 Å². The average Bonchev–Trinajstić information content (AvgIpc) is 3.19. The van der Waals surface area contributed by atoms with Gasteiger partial charge in [-0.2, -0.15) is 0 Å². The molecule has 6 heteroatoms. The number of benzene rings is 1. The van der Waals surface area contributed by atoms with E-state index in [0.29, 0.717) is 6.54 Å². The van der Waals surface area contributed by atoms with Crippen LogP contribution in [0.5, 0.6) is 5.75 Å². The number of carbonyl (C=O) groups is 1. The Hall–Kier alpha value is -2.37.